The minimum absolute atomic E-state index is 0.475. The normalized spacial score (nSPS) is 26.7. The van der Waals surface area contributed by atoms with Crippen molar-refractivity contribution in [3.63, 3.8) is 0 Å². The van der Waals surface area contributed by atoms with Crippen molar-refractivity contribution < 1.29 is 0 Å². The van der Waals surface area contributed by atoms with Crippen LogP contribution < -0.4 is 5.73 Å². The van der Waals surface area contributed by atoms with Crippen molar-refractivity contribution in [1.82, 2.24) is 0 Å². The summed E-state index contributed by atoms with van der Waals surface area (Å²) in [4.78, 5) is 0. The zero-order chi connectivity index (χ0) is 7.56. The Morgan fingerprint density at radius 1 is 1.30 bits per heavy atom. The van der Waals surface area contributed by atoms with Crippen LogP contribution in [0.3, 0.4) is 0 Å². The van der Waals surface area contributed by atoms with E-state index in [9.17, 15) is 0 Å². The van der Waals surface area contributed by atoms with Gasteiger partial charge in [-0.15, -0.1) is 0 Å². The van der Waals surface area contributed by atoms with Crippen molar-refractivity contribution in [2.24, 2.45) is 5.73 Å². The van der Waals surface area contributed by atoms with Gasteiger partial charge in [0, 0.05) is 6.04 Å². The first kappa shape index (κ1) is 7.80. The number of allylic oxidation sites excluding steroid dienone is 2. The summed E-state index contributed by atoms with van der Waals surface area (Å²) in [7, 11) is 0. The molecule has 58 valence electrons. The van der Waals surface area contributed by atoms with Crippen LogP contribution in [0.4, 0.5) is 0 Å². The van der Waals surface area contributed by atoms with Crippen molar-refractivity contribution in [2.45, 2.75) is 45.6 Å². The fourth-order valence-electron chi connectivity index (χ4n) is 1.49. The summed E-state index contributed by atoms with van der Waals surface area (Å²) in [6, 6.07) is 0.475. The number of hydrogen-bond donors (Lipinski definition) is 1. The number of hydrogen-bond acceptors (Lipinski definition) is 1. The molecule has 0 unspecified atom stereocenters. The van der Waals surface area contributed by atoms with Gasteiger partial charge in [0.05, 0.1) is 0 Å². The Morgan fingerprint density at radius 3 is 2.20 bits per heavy atom. The van der Waals surface area contributed by atoms with Crippen molar-refractivity contribution >= 4 is 0 Å². The topological polar surface area (TPSA) is 26.0 Å². The number of rotatable bonds is 0. The third-order valence-electron chi connectivity index (χ3n) is 2.34. The third kappa shape index (κ3) is 1.84. The van der Waals surface area contributed by atoms with Gasteiger partial charge in [0.25, 0.3) is 0 Å². The van der Waals surface area contributed by atoms with E-state index < -0.39 is 0 Å². The summed E-state index contributed by atoms with van der Waals surface area (Å²) in [5.74, 6) is 0. The Kier molecular flexibility index (Phi) is 2.50. The van der Waals surface area contributed by atoms with Crippen molar-refractivity contribution in [2.75, 3.05) is 0 Å². The second kappa shape index (κ2) is 3.20. The molecule has 0 radical (unpaired) electrons. The van der Waals surface area contributed by atoms with Gasteiger partial charge in [0.2, 0.25) is 0 Å². The molecule has 0 aliphatic heterocycles. The molecular formula is C9H17N. The lowest BCUT2D eigenvalue weighted by Gasteiger charge is -2.21. The lowest BCUT2D eigenvalue weighted by atomic mass is 9.89. The summed E-state index contributed by atoms with van der Waals surface area (Å²) >= 11 is 0. The minimum atomic E-state index is 0.475. The van der Waals surface area contributed by atoms with Crippen LogP contribution in [0.2, 0.25) is 0 Å². The minimum Gasteiger partial charge on any atom is -0.328 e. The highest BCUT2D eigenvalue weighted by Crippen LogP contribution is 2.24. The average Bonchev–Trinajstić information content (AvgIpc) is 1.88. The zero-order valence-corrected chi connectivity index (χ0v) is 6.98. The van der Waals surface area contributed by atoms with E-state index in [1.54, 1.807) is 5.57 Å². The Hall–Kier alpha value is -0.300. The van der Waals surface area contributed by atoms with E-state index in [-0.39, 0.29) is 0 Å². The monoisotopic (exact) mass is 139 g/mol. The van der Waals surface area contributed by atoms with Crippen molar-refractivity contribution in [1.29, 1.82) is 0 Å². The summed E-state index contributed by atoms with van der Waals surface area (Å²) in [5, 5.41) is 0. The van der Waals surface area contributed by atoms with Crippen LogP contribution >= 0.6 is 0 Å². The standard InChI is InChI=1S/C9H17N/c1-7(2)8-3-5-9(10)6-4-8/h9H,3-6,10H2,1-2H3. The van der Waals surface area contributed by atoms with Crippen LogP contribution in [0.1, 0.15) is 39.5 Å². The van der Waals surface area contributed by atoms with Gasteiger partial charge >= 0.3 is 0 Å². The number of nitrogens with two attached hydrogens (primary N) is 1. The first-order valence-corrected chi connectivity index (χ1v) is 4.11. The first-order valence-electron chi connectivity index (χ1n) is 4.11. The van der Waals surface area contributed by atoms with E-state index in [1.807, 2.05) is 0 Å². The van der Waals surface area contributed by atoms with E-state index >= 15 is 0 Å². The summed E-state index contributed by atoms with van der Waals surface area (Å²) in [6.45, 7) is 4.40. The van der Waals surface area contributed by atoms with Gasteiger partial charge in [-0.2, -0.15) is 0 Å². The Balaban J connectivity index is 2.48. The van der Waals surface area contributed by atoms with Gasteiger partial charge in [0.1, 0.15) is 0 Å². The molecule has 1 fully saturated rings. The van der Waals surface area contributed by atoms with Crippen LogP contribution in [0, 0.1) is 0 Å². The fourth-order valence-corrected chi connectivity index (χ4v) is 1.49. The molecule has 0 heterocycles. The lowest BCUT2D eigenvalue weighted by molar-refractivity contribution is 0.508. The van der Waals surface area contributed by atoms with Gasteiger partial charge < -0.3 is 5.73 Å². The molecule has 0 saturated heterocycles. The molecule has 1 rings (SSSR count). The van der Waals surface area contributed by atoms with Crippen LogP contribution in [0.5, 0.6) is 0 Å². The summed E-state index contributed by atoms with van der Waals surface area (Å²) in [5.41, 5.74) is 8.92. The first-order chi connectivity index (χ1) is 4.70. The molecule has 1 aliphatic rings. The van der Waals surface area contributed by atoms with E-state index in [4.69, 9.17) is 5.73 Å². The third-order valence-corrected chi connectivity index (χ3v) is 2.34. The largest absolute Gasteiger partial charge is 0.328 e. The second-order valence-corrected chi connectivity index (χ2v) is 3.44. The molecule has 0 bridgehead atoms. The van der Waals surface area contributed by atoms with Crippen LogP contribution in [0.25, 0.3) is 0 Å². The fraction of sp³-hybridized carbons (Fsp3) is 0.778. The molecule has 10 heavy (non-hydrogen) atoms. The average molecular weight is 139 g/mol. The molecule has 0 aromatic carbocycles. The van der Waals surface area contributed by atoms with Crippen LogP contribution in [0.15, 0.2) is 11.1 Å². The molecule has 2 N–H and O–H groups in total. The van der Waals surface area contributed by atoms with Crippen molar-refractivity contribution in [3.05, 3.63) is 11.1 Å². The highest BCUT2D eigenvalue weighted by Gasteiger charge is 2.12. The lowest BCUT2D eigenvalue weighted by Crippen LogP contribution is -2.23. The Labute approximate surface area is 63.3 Å². The Morgan fingerprint density at radius 2 is 1.80 bits per heavy atom. The highest BCUT2D eigenvalue weighted by molar-refractivity contribution is 5.12. The predicted octanol–water partition coefficient (Wildman–Crippen LogP) is 2.22. The maximum absolute atomic E-state index is 5.77. The smallest absolute Gasteiger partial charge is 0.00449 e. The molecule has 1 aliphatic carbocycles. The molecular weight excluding hydrogens is 122 g/mol. The van der Waals surface area contributed by atoms with Gasteiger partial charge in [-0.25, -0.2) is 0 Å². The van der Waals surface area contributed by atoms with E-state index in [0.29, 0.717) is 6.04 Å². The molecule has 0 amide bonds. The van der Waals surface area contributed by atoms with Crippen LogP contribution in [-0.4, -0.2) is 6.04 Å². The van der Waals surface area contributed by atoms with Gasteiger partial charge in [-0.1, -0.05) is 11.1 Å². The molecule has 1 saturated carbocycles. The second-order valence-electron chi connectivity index (χ2n) is 3.44. The molecule has 1 nitrogen and oxygen atoms in total. The van der Waals surface area contributed by atoms with Crippen LogP contribution in [-0.2, 0) is 0 Å². The quantitative estimate of drug-likeness (QED) is 0.512. The van der Waals surface area contributed by atoms with Gasteiger partial charge in [-0.05, 0) is 39.5 Å². The maximum atomic E-state index is 5.77. The molecule has 0 aromatic rings. The zero-order valence-electron chi connectivity index (χ0n) is 6.98. The maximum Gasteiger partial charge on any atom is 0.00449 e. The summed E-state index contributed by atoms with van der Waals surface area (Å²) in [6.07, 6.45) is 4.87. The predicted molar refractivity (Wildman–Crippen MR) is 44.8 cm³/mol. The van der Waals surface area contributed by atoms with Crippen molar-refractivity contribution in [3.8, 4) is 0 Å². The Bertz CT molecular complexity index is 133. The molecule has 0 atom stereocenters. The van der Waals surface area contributed by atoms with E-state index in [2.05, 4.69) is 13.8 Å². The summed E-state index contributed by atoms with van der Waals surface area (Å²) < 4.78 is 0. The highest BCUT2D eigenvalue weighted by atomic mass is 14.6. The molecule has 1 heteroatoms. The van der Waals surface area contributed by atoms with E-state index in [0.717, 1.165) is 0 Å². The van der Waals surface area contributed by atoms with E-state index in [1.165, 1.54) is 31.3 Å². The van der Waals surface area contributed by atoms with Gasteiger partial charge in [-0.3, -0.25) is 0 Å². The van der Waals surface area contributed by atoms with Gasteiger partial charge in [0.15, 0.2) is 0 Å². The SMILES string of the molecule is CC(C)=C1CCC(N)CC1. The molecule has 0 aromatic heterocycles. The molecule has 0 spiro atoms.